The van der Waals surface area contributed by atoms with E-state index in [-0.39, 0.29) is 6.61 Å². The first-order chi connectivity index (χ1) is 11.5. The summed E-state index contributed by atoms with van der Waals surface area (Å²) in [7, 11) is 0. The van der Waals surface area contributed by atoms with Gasteiger partial charge >= 0.3 is 5.97 Å². The molecule has 0 radical (unpaired) electrons. The SMILES string of the molecule is Cc1cccc(OCC(=O)OCC(=O)NC2(C#N)CCCCC2)c1. The first kappa shape index (κ1) is 17.8. The van der Waals surface area contributed by atoms with Crippen LogP contribution in [0.25, 0.3) is 0 Å². The van der Waals surface area contributed by atoms with Crippen molar-refractivity contribution in [3.8, 4) is 11.8 Å². The number of hydrogen-bond acceptors (Lipinski definition) is 5. The monoisotopic (exact) mass is 330 g/mol. The van der Waals surface area contributed by atoms with Gasteiger partial charge in [0.05, 0.1) is 6.07 Å². The minimum atomic E-state index is -0.820. The molecule has 0 bridgehead atoms. The molecule has 1 aromatic rings. The van der Waals surface area contributed by atoms with E-state index in [0.717, 1.165) is 24.8 Å². The Kier molecular flexibility index (Phi) is 6.19. The van der Waals surface area contributed by atoms with Crippen molar-refractivity contribution >= 4 is 11.9 Å². The van der Waals surface area contributed by atoms with Gasteiger partial charge in [-0.3, -0.25) is 4.79 Å². The lowest BCUT2D eigenvalue weighted by Gasteiger charge is -2.31. The molecule has 6 heteroatoms. The Morgan fingerprint density at radius 3 is 2.67 bits per heavy atom. The Bertz CT molecular complexity index is 630. The van der Waals surface area contributed by atoms with Crippen LogP contribution in [0.5, 0.6) is 5.75 Å². The Hall–Kier alpha value is -2.55. The third kappa shape index (κ3) is 5.27. The number of aryl methyl sites for hydroxylation is 1. The molecule has 0 saturated heterocycles. The molecule has 6 nitrogen and oxygen atoms in total. The molecule has 1 N–H and O–H groups in total. The first-order valence-corrected chi connectivity index (χ1v) is 8.10. The molecule has 2 rings (SSSR count). The van der Waals surface area contributed by atoms with Crippen molar-refractivity contribution in [2.24, 2.45) is 0 Å². The predicted molar refractivity (Wildman–Crippen MR) is 87.2 cm³/mol. The maximum Gasteiger partial charge on any atom is 0.344 e. The summed E-state index contributed by atoms with van der Waals surface area (Å²) >= 11 is 0. The fourth-order valence-electron chi connectivity index (χ4n) is 2.76. The second-order valence-electron chi connectivity index (χ2n) is 6.07. The summed E-state index contributed by atoms with van der Waals surface area (Å²) in [6.45, 7) is 1.26. The number of carbonyl (C=O) groups is 2. The normalized spacial score (nSPS) is 15.8. The van der Waals surface area contributed by atoms with E-state index >= 15 is 0 Å². The number of nitrogens with zero attached hydrogens (tertiary/aromatic N) is 1. The molecule has 0 spiro atoms. The second-order valence-corrected chi connectivity index (χ2v) is 6.07. The number of ether oxygens (including phenoxy) is 2. The molecule has 1 aliphatic carbocycles. The van der Waals surface area contributed by atoms with Gasteiger partial charge in [0.15, 0.2) is 13.2 Å². The lowest BCUT2D eigenvalue weighted by Crippen LogP contribution is -2.50. The molecule has 0 aromatic heterocycles. The summed E-state index contributed by atoms with van der Waals surface area (Å²) in [5.74, 6) is -0.509. The number of benzene rings is 1. The third-order valence-corrected chi connectivity index (χ3v) is 4.01. The van der Waals surface area contributed by atoms with Crippen molar-refractivity contribution in [1.82, 2.24) is 5.32 Å². The average molecular weight is 330 g/mol. The maximum atomic E-state index is 11.9. The van der Waals surface area contributed by atoms with Crippen LogP contribution in [-0.2, 0) is 14.3 Å². The van der Waals surface area contributed by atoms with Crippen LogP contribution in [0.2, 0.25) is 0 Å². The largest absolute Gasteiger partial charge is 0.482 e. The number of amides is 1. The summed E-state index contributed by atoms with van der Waals surface area (Å²) in [5, 5.41) is 12.0. The van der Waals surface area contributed by atoms with E-state index in [9.17, 15) is 14.9 Å². The van der Waals surface area contributed by atoms with Gasteiger partial charge in [-0.05, 0) is 37.5 Å². The molecule has 1 fully saturated rings. The molecule has 128 valence electrons. The molecular weight excluding hydrogens is 308 g/mol. The summed E-state index contributed by atoms with van der Waals surface area (Å²) in [6, 6.07) is 9.49. The van der Waals surface area contributed by atoms with Crippen LogP contribution in [0.15, 0.2) is 24.3 Å². The highest BCUT2D eigenvalue weighted by atomic mass is 16.6. The predicted octanol–water partition coefficient (Wildman–Crippen LogP) is 2.26. The van der Waals surface area contributed by atoms with E-state index in [1.807, 2.05) is 19.1 Å². The average Bonchev–Trinajstić information content (AvgIpc) is 2.59. The van der Waals surface area contributed by atoms with Crippen LogP contribution in [0.3, 0.4) is 0 Å². The summed E-state index contributed by atoms with van der Waals surface area (Å²) in [6.07, 6.45) is 4.18. The van der Waals surface area contributed by atoms with Gasteiger partial charge < -0.3 is 14.8 Å². The molecular formula is C18H22N2O4. The number of esters is 1. The standard InChI is InChI=1S/C18H22N2O4/c1-14-6-5-7-15(10-14)23-12-17(22)24-11-16(21)20-18(13-19)8-3-2-4-9-18/h5-7,10H,2-4,8-9,11-12H2,1H3,(H,20,21). The van der Waals surface area contributed by atoms with Crippen LogP contribution in [0.1, 0.15) is 37.7 Å². The van der Waals surface area contributed by atoms with Crippen molar-refractivity contribution in [2.75, 3.05) is 13.2 Å². The van der Waals surface area contributed by atoms with Gasteiger partial charge in [-0.2, -0.15) is 5.26 Å². The molecule has 1 aliphatic rings. The topological polar surface area (TPSA) is 88.4 Å². The highest BCUT2D eigenvalue weighted by Gasteiger charge is 2.33. The van der Waals surface area contributed by atoms with Gasteiger partial charge in [-0.1, -0.05) is 31.4 Å². The van der Waals surface area contributed by atoms with Gasteiger partial charge in [0, 0.05) is 0 Å². The quantitative estimate of drug-likeness (QED) is 0.808. The van der Waals surface area contributed by atoms with E-state index in [1.165, 1.54) is 0 Å². The molecule has 1 aromatic carbocycles. The zero-order chi connectivity index (χ0) is 17.4. The number of nitrogens with one attached hydrogen (secondary N) is 1. The van der Waals surface area contributed by atoms with E-state index < -0.39 is 24.0 Å². The Morgan fingerprint density at radius 2 is 2.00 bits per heavy atom. The maximum absolute atomic E-state index is 11.9. The van der Waals surface area contributed by atoms with Gasteiger partial charge in [0.25, 0.3) is 5.91 Å². The summed E-state index contributed by atoms with van der Waals surface area (Å²) < 4.78 is 10.2. The fourth-order valence-corrected chi connectivity index (χ4v) is 2.76. The third-order valence-electron chi connectivity index (χ3n) is 4.01. The zero-order valence-corrected chi connectivity index (χ0v) is 13.8. The number of rotatable bonds is 6. The van der Waals surface area contributed by atoms with Gasteiger partial charge in [0.1, 0.15) is 11.3 Å². The molecule has 1 saturated carbocycles. The van der Waals surface area contributed by atoms with Crippen LogP contribution in [-0.4, -0.2) is 30.6 Å². The lowest BCUT2D eigenvalue weighted by molar-refractivity contribution is -0.150. The lowest BCUT2D eigenvalue weighted by atomic mass is 9.83. The number of nitriles is 1. The van der Waals surface area contributed by atoms with Crippen LogP contribution < -0.4 is 10.1 Å². The molecule has 0 unspecified atom stereocenters. The van der Waals surface area contributed by atoms with E-state index in [1.54, 1.807) is 12.1 Å². The Labute approximate surface area is 141 Å². The second kappa shape index (κ2) is 8.34. The number of carbonyl (C=O) groups excluding carboxylic acids is 2. The van der Waals surface area contributed by atoms with Crippen LogP contribution in [0.4, 0.5) is 0 Å². The van der Waals surface area contributed by atoms with E-state index in [2.05, 4.69) is 11.4 Å². The Balaban J connectivity index is 1.73. The zero-order valence-electron chi connectivity index (χ0n) is 13.8. The van der Waals surface area contributed by atoms with Gasteiger partial charge in [-0.15, -0.1) is 0 Å². The van der Waals surface area contributed by atoms with Crippen molar-refractivity contribution in [3.05, 3.63) is 29.8 Å². The van der Waals surface area contributed by atoms with Gasteiger partial charge in [-0.25, -0.2) is 4.79 Å². The van der Waals surface area contributed by atoms with Crippen LogP contribution >= 0.6 is 0 Å². The molecule has 0 aliphatic heterocycles. The molecule has 24 heavy (non-hydrogen) atoms. The van der Waals surface area contributed by atoms with E-state index in [0.29, 0.717) is 18.6 Å². The van der Waals surface area contributed by atoms with Crippen LogP contribution in [0, 0.1) is 18.3 Å². The van der Waals surface area contributed by atoms with Gasteiger partial charge in [0.2, 0.25) is 0 Å². The van der Waals surface area contributed by atoms with Crippen molar-refractivity contribution in [3.63, 3.8) is 0 Å². The summed E-state index contributed by atoms with van der Waals surface area (Å²) in [4.78, 5) is 23.6. The molecule has 1 amide bonds. The van der Waals surface area contributed by atoms with Crippen molar-refractivity contribution in [1.29, 1.82) is 5.26 Å². The minimum absolute atomic E-state index is 0.264. The Morgan fingerprint density at radius 1 is 1.25 bits per heavy atom. The highest BCUT2D eigenvalue weighted by molar-refractivity contribution is 5.81. The molecule has 0 heterocycles. The molecule has 0 atom stereocenters. The highest BCUT2D eigenvalue weighted by Crippen LogP contribution is 2.27. The van der Waals surface area contributed by atoms with E-state index in [4.69, 9.17) is 9.47 Å². The number of hydrogen-bond donors (Lipinski definition) is 1. The smallest absolute Gasteiger partial charge is 0.344 e. The van der Waals surface area contributed by atoms with Crippen molar-refractivity contribution in [2.45, 2.75) is 44.6 Å². The van der Waals surface area contributed by atoms with Crippen molar-refractivity contribution < 1.29 is 19.1 Å². The summed E-state index contributed by atoms with van der Waals surface area (Å²) in [5.41, 5.74) is 0.203. The fraction of sp³-hybridized carbons (Fsp3) is 0.500. The first-order valence-electron chi connectivity index (χ1n) is 8.10. The minimum Gasteiger partial charge on any atom is -0.482 e.